The molecule has 2 rings (SSSR count). The quantitative estimate of drug-likeness (QED) is 0.552. The van der Waals surface area contributed by atoms with Crippen LogP contribution in [0.3, 0.4) is 0 Å². The lowest BCUT2D eigenvalue weighted by Gasteiger charge is -2.11. The number of sulfonamides is 1. The van der Waals surface area contributed by atoms with E-state index in [4.69, 9.17) is 5.84 Å². The Labute approximate surface area is 121 Å². The van der Waals surface area contributed by atoms with E-state index in [2.05, 4.69) is 44.9 Å². The number of nitrogens with two attached hydrogens (primary N) is 1. The van der Waals surface area contributed by atoms with Gasteiger partial charge in [-0.3, -0.25) is 0 Å². The van der Waals surface area contributed by atoms with Crippen LogP contribution in [0.5, 0.6) is 0 Å². The van der Waals surface area contributed by atoms with E-state index in [0.717, 1.165) is 6.42 Å². The summed E-state index contributed by atoms with van der Waals surface area (Å²) in [6.45, 7) is 4.69. The smallest absolute Gasteiger partial charge is 0.244 e. The van der Waals surface area contributed by atoms with Gasteiger partial charge in [-0.25, -0.2) is 24.0 Å². The van der Waals surface area contributed by atoms with Gasteiger partial charge in [0.1, 0.15) is 4.90 Å². The van der Waals surface area contributed by atoms with E-state index in [1.807, 2.05) is 0 Å². The van der Waals surface area contributed by atoms with E-state index in [1.165, 1.54) is 12.3 Å². The van der Waals surface area contributed by atoms with Gasteiger partial charge in [-0.2, -0.15) is 0 Å². The normalized spacial score (nSPS) is 21.2. The third-order valence-corrected chi connectivity index (χ3v) is 5.35. The van der Waals surface area contributed by atoms with Gasteiger partial charge < -0.3 is 5.43 Å². The third-order valence-electron chi connectivity index (χ3n) is 3.48. The van der Waals surface area contributed by atoms with Crippen molar-refractivity contribution in [3.8, 4) is 0 Å². The first kappa shape index (κ1) is 14.7. The van der Waals surface area contributed by atoms with Crippen LogP contribution in [-0.2, 0) is 10.0 Å². The summed E-state index contributed by atoms with van der Waals surface area (Å²) < 4.78 is 27.7. The van der Waals surface area contributed by atoms with Crippen molar-refractivity contribution in [1.82, 2.24) is 9.71 Å². The molecule has 6 nitrogen and oxygen atoms in total. The molecule has 1 unspecified atom stereocenters. The largest absolute Gasteiger partial charge is 0.307 e. The topological polar surface area (TPSA) is 97.1 Å². The first-order valence-electron chi connectivity index (χ1n) is 5.88. The van der Waals surface area contributed by atoms with Gasteiger partial charge in [0.05, 0.1) is 0 Å². The maximum Gasteiger partial charge on any atom is 0.244 e. The number of hydrazine groups is 1. The summed E-state index contributed by atoms with van der Waals surface area (Å²) in [7, 11) is -3.62. The Morgan fingerprint density at radius 2 is 2.21 bits per heavy atom. The van der Waals surface area contributed by atoms with Gasteiger partial charge in [0, 0.05) is 17.2 Å². The number of nitrogen functional groups attached to an aromatic ring is 1. The Morgan fingerprint density at radius 3 is 2.74 bits per heavy atom. The minimum atomic E-state index is -3.62. The van der Waals surface area contributed by atoms with Crippen molar-refractivity contribution in [1.29, 1.82) is 0 Å². The highest BCUT2D eigenvalue weighted by Crippen LogP contribution is 2.51. The molecule has 19 heavy (non-hydrogen) atoms. The Kier molecular flexibility index (Phi) is 3.87. The van der Waals surface area contributed by atoms with Gasteiger partial charge >= 0.3 is 0 Å². The molecule has 0 radical (unpaired) electrons. The van der Waals surface area contributed by atoms with Crippen LogP contribution < -0.4 is 16.0 Å². The van der Waals surface area contributed by atoms with E-state index in [9.17, 15) is 8.42 Å². The lowest BCUT2D eigenvalue weighted by Crippen LogP contribution is -2.28. The predicted molar refractivity (Wildman–Crippen MR) is 76.8 cm³/mol. The van der Waals surface area contributed by atoms with Crippen LogP contribution in [0.2, 0.25) is 0 Å². The lowest BCUT2D eigenvalue weighted by molar-refractivity contribution is 0.537. The number of nitrogens with zero attached hydrogens (tertiary/aromatic N) is 1. The summed E-state index contributed by atoms with van der Waals surface area (Å²) in [5.74, 6) is 5.80. The van der Waals surface area contributed by atoms with Crippen molar-refractivity contribution in [3.63, 3.8) is 0 Å². The zero-order valence-corrected chi connectivity index (χ0v) is 13.2. The van der Waals surface area contributed by atoms with Crippen molar-refractivity contribution < 1.29 is 8.42 Å². The Balaban J connectivity index is 2.17. The van der Waals surface area contributed by atoms with Crippen LogP contribution in [0, 0.1) is 11.3 Å². The molecule has 1 aromatic rings. The number of anilines is 1. The van der Waals surface area contributed by atoms with E-state index in [-0.39, 0.29) is 16.1 Å². The van der Waals surface area contributed by atoms with Gasteiger partial charge in [-0.05, 0) is 39.8 Å². The molecular formula is C11H17BrN4O2S. The van der Waals surface area contributed by atoms with Crippen molar-refractivity contribution in [2.45, 2.75) is 25.2 Å². The number of pyridine rings is 1. The fraction of sp³-hybridized carbons (Fsp3) is 0.545. The molecule has 0 aromatic carbocycles. The zero-order chi connectivity index (χ0) is 14.3. The molecule has 0 saturated heterocycles. The van der Waals surface area contributed by atoms with E-state index < -0.39 is 10.0 Å². The Hall–Kier alpha value is -0.700. The first-order chi connectivity index (χ1) is 8.76. The molecule has 1 aliphatic carbocycles. The first-order valence-corrected chi connectivity index (χ1v) is 8.16. The van der Waals surface area contributed by atoms with Gasteiger partial charge in [-0.15, -0.1) is 0 Å². The van der Waals surface area contributed by atoms with Crippen LogP contribution in [0.4, 0.5) is 5.82 Å². The summed E-state index contributed by atoms with van der Waals surface area (Å²) in [6.07, 6.45) is 2.52. The average Bonchev–Trinajstić information content (AvgIpc) is 2.95. The summed E-state index contributed by atoms with van der Waals surface area (Å²) in [5.41, 5.74) is 2.53. The van der Waals surface area contributed by atoms with Gasteiger partial charge in [0.25, 0.3) is 0 Å². The third kappa shape index (κ3) is 3.25. The molecule has 1 saturated carbocycles. The van der Waals surface area contributed by atoms with Crippen molar-refractivity contribution in [2.75, 3.05) is 12.0 Å². The highest BCUT2D eigenvalue weighted by atomic mass is 79.9. The number of rotatable bonds is 5. The predicted octanol–water partition coefficient (Wildman–Crippen LogP) is 1.45. The summed E-state index contributed by atoms with van der Waals surface area (Å²) in [6, 6.07) is 1.47. The Bertz CT molecular complexity index is 588. The van der Waals surface area contributed by atoms with Crippen LogP contribution in [0.15, 0.2) is 21.6 Å². The molecule has 4 N–H and O–H groups in total. The highest BCUT2D eigenvalue weighted by molar-refractivity contribution is 9.10. The molecule has 1 aliphatic rings. The average molecular weight is 349 g/mol. The molecule has 1 fully saturated rings. The van der Waals surface area contributed by atoms with Crippen LogP contribution in [-0.4, -0.2) is 19.9 Å². The fourth-order valence-electron chi connectivity index (χ4n) is 1.95. The molecule has 8 heteroatoms. The number of aromatic nitrogens is 1. The lowest BCUT2D eigenvalue weighted by atomic mass is 10.1. The number of hydrogen-bond acceptors (Lipinski definition) is 5. The van der Waals surface area contributed by atoms with Crippen molar-refractivity contribution >= 4 is 31.8 Å². The molecular weight excluding hydrogens is 332 g/mol. The Morgan fingerprint density at radius 1 is 1.58 bits per heavy atom. The summed E-state index contributed by atoms with van der Waals surface area (Å²) >= 11 is 3.21. The molecule has 106 valence electrons. The molecule has 1 heterocycles. The van der Waals surface area contributed by atoms with Crippen LogP contribution in [0.25, 0.3) is 0 Å². The van der Waals surface area contributed by atoms with Gasteiger partial charge in [0.15, 0.2) is 5.82 Å². The van der Waals surface area contributed by atoms with Crippen molar-refractivity contribution in [2.24, 2.45) is 17.2 Å². The molecule has 0 bridgehead atoms. The van der Waals surface area contributed by atoms with E-state index >= 15 is 0 Å². The monoisotopic (exact) mass is 348 g/mol. The minimum Gasteiger partial charge on any atom is -0.307 e. The molecule has 0 amide bonds. The number of nitrogens with one attached hydrogen (secondary N) is 2. The van der Waals surface area contributed by atoms with Crippen LogP contribution in [0.1, 0.15) is 20.3 Å². The second kappa shape index (κ2) is 5.01. The standard InChI is InChI=1S/C11H17BrN4O2S/c1-11(2)4-7(11)5-15-19(17,18)9-3-8(12)6-14-10(9)16-13/h3,6-7,15H,4-5,13H2,1-2H3,(H,14,16). The maximum absolute atomic E-state index is 12.2. The molecule has 0 spiro atoms. The fourth-order valence-corrected chi connectivity index (χ4v) is 3.65. The molecule has 1 aromatic heterocycles. The van der Waals surface area contributed by atoms with E-state index in [0.29, 0.717) is 16.9 Å². The second-order valence-electron chi connectivity index (χ2n) is 5.39. The van der Waals surface area contributed by atoms with Crippen LogP contribution >= 0.6 is 15.9 Å². The maximum atomic E-state index is 12.2. The molecule has 0 aliphatic heterocycles. The highest BCUT2D eigenvalue weighted by Gasteiger charge is 2.45. The zero-order valence-electron chi connectivity index (χ0n) is 10.8. The van der Waals surface area contributed by atoms with E-state index in [1.54, 1.807) is 0 Å². The number of hydrogen-bond donors (Lipinski definition) is 3. The van der Waals surface area contributed by atoms with Gasteiger partial charge in [-0.1, -0.05) is 13.8 Å². The molecule has 1 atom stereocenters. The minimum absolute atomic E-state index is 0.0443. The number of halogens is 1. The summed E-state index contributed by atoms with van der Waals surface area (Å²) in [4.78, 5) is 3.98. The van der Waals surface area contributed by atoms with Gasteiger partial charge in [0.2, 0.25) is 10.0 Å². The second-order valence-corrected chi connectivity index (χ2v) is 8.04. The summed E-state index contributed by atoms with van der Waals surface area (Å²) in [5, 5.41) is 0. The SMILES string of the molecule is CC1(C)CC1CNS(=O)(=O)c1cc(Br)cnc1NN. The van der Waals surface area contributed by atoms with Crippen molar-refractivity contribution in [3.05, 3.63) is 16.7 Å².